The number of aromatic nitrogens is 1. The highest BCUT2D eigenvalue weighted by Gasteiger charge is 2.21. The average Bonchev–Trinajstić information content (AvgIpc) is 3.02. The lowest BCUT2D eigenvalue weighted by Gasteiger charge is -2.34. The molecule has 1 aliphatic heterocycles. The summed E-state index contributed by atoms with van der Waals surface area (Å²) in [4.78, 5) is 11.2. The van der Waals surface area contributed by atoms with Crippen LogP contribution in [0.3, 0.4) is 0 Å². The highest BCUT2D eigenvalue weighted by Crippen LogP contribution is 2.14. The molecule has 136 valence electrons. The molecule has 1 aromatic rings. The molecular weight excluding hydrogens is 324 g/mol. The van der Waals surface area contributed by atoms with Gasteiger partial charge in [0.15, 0.2) is 5.96 Å². The Morgan fingerprint density at radius 1 is 1.42 bits per heavy atom. The average molecular weight is 355 g/mol. The Hall–Kier alpha value is -1.18. The van der Waals surface area contributed by atoms with Crippen LogP contribution in [0.25, 0.3) is 0 Å². The summed E-state index contributed by atoms with van der Waals surface area (Å²) < 4.78 is 11.0. The number of ether oxygens (including phenoxy) is 2. The fourth-order valence-electron chi connectivity index (χ4n) is 2.85. The van der Waals surface area contributed by atoms with E-state index >= 15 is 0 Å². The van der Waals surface area contributed by atoms with E-state index in [0.717, 1.165) is 75.2 Å². The van der Waals surface area contributed by atoms with Crippen molar-refractivity contribution in [2.24, 2.45) is 4.99 Å². The number of aliphatic imine (C=N–C) groups is 1. The largest absolute Gasteiger partial charge is 0.385 e. The van der Waals surface area contributed by atoms with Gasteiger partial charge in [-0.2, -0.15) is 0 Å². The molecule has 2 rings (SSSR count). The zero-order valence-electron chi connectivity index (χ0n) is 15.1. The third-order valence-electron chi connectivity index (χ3n) is 4.13. The van der Waals surface area contributed by atoms with Gasteiger partial charge in [0.2, 0.25) is 0 Å². The van der Waals surface area contributed by atoms with Crippen LogP contribution < -0.4 is 5.32 Å². The molecule has 1 fully saturated rings. The summed E-state index contributed by atoms with van der Waals surface area (Å²) in [6, 6.07) is 0. The van der Waals surface area contributed by atoms with Crippen LogP contribution >= 0.6 is 11.3 Å². The topological polar surface area (TPSA) is 59.0 Å². The van der Waals surface area contributed by atoms with E-state index < -0.39 is 0 Å². The van der Waals surface area contributed by atoms with Gasteiger partial charge >= 0.3 is 0 Å². The molecule has 0 atom stereocenters. The van der Waals surface area contributed by atoms with E-state index in [1.54, 1.807) is 18.4 Å². The zero-order valence-corrected chi connectivity index (χ0v) is 15.9. The first kappa shape index (κ1) is 19.1. The van der Waals surface area contributed by atoms with Crippen LogP contribution in [0.4, 0.5) is 0 Å². The van der Waals surface area contributed by atoms with Gasteiger partial charge in [0.05, 0.1) is 16.8 Å². The Morgan fingerprint density at radius 3 is 2.83 bits per heavy atom. The monoisotopic (exact) mass is 354 g/mol. The normalized spacial score (nSPS) is 16.6. The number of piperidine rings is 1. The van der Waals surface area contributed by atoms with Gasteiger partial charge in [-0.15, -0.1) is 11.3 Å². The molecule has 0 aromatic carbocycles. The molecule has 1 aliphatic rings. The van der Waals surface area contributed by atoms with Crippen LogP contribution in [0.1, 0.15) is 30.0 Å². The predicted molar refractivity (Wildman–Crippen MR) is 99.0 cm³/mol. The molecule has 2 heterocycles. The van der Waals surface area contributed by atoms with Crippen LogP contribution in [-0.4, -0.2) is 69.0 Å². The Balaban J connectivity index is 1.65. The van der Waals surface area contributed by atoms with Crippen molar-refractivity contribution in [1.29, 1.82) is 0 Å². The molecule has 0 unspecified atom stereocenters. The van der Waals surface area contributed by atoms with Gasteiger partial charge in [-0.3, -0.25) is 4.99 Å². The maximum atomic E-state index is 5.91. The maximum Gasteiger partial charge on any atom is 0.193 e. The number of thiazole rings is 1. The van der Waals surface area contributed by atoms with Crippen molar-refractivity contribution in [2.75, 3.05) is 47.0 Å². The number of hydrogen-bond donors (Lipinski definition) is 1. The third-order valence-corrected chi connectivity index (χ3v) is 4.95. The first-order chi connectivity index (χ1) is 11.7. The highest BCUT2D eigenvalue weighted by molar-refractivity contribution is 7.09. The van der Waals surface area contributed by atoms with E-state index in [1.807, 2.05) is 14.0 Å². The van der Waals surface area contributed by atoms with Crippen molar-refractivity contribution < 1.29 is 9.47 Å². The molecule has 0 saturated carbocycles. The summed E-state index contributed by atoms with van der Waals surface area (Å²) >= 11 is 1.71. The van der Waals surface area contributed by atoms with Crippen LogP contribution in [0.2, 0.25) is 0 Å². The number of rotatable bonds is 8. The van der Waals surface area contributed by atoms with Crippen molar-refractivity contribution in [3.63, 3.8) is 0 Å². The molecule has 0 spiro atoms. The minimum atomic E-state index is 0.370. The first-order valence-electron chi connectivity index (χ1n) is 8.70. The fraction of sp³-hybridized carbons (Fsp3) is 0.765. The van der Waals surface area contributed by atoms with E-state index in [0.29, 0.717) is 6.10 Å². The van der Waals surface area contributed by atoms with Gasteiger partial charge in [0.1, 0.15) is 0 Å². The van der Waals surface area contributed by atoms with Gasteiger partial charge in [-0.1, -0.05) is 0 Å². The Kier molecular flexibility index (Phi) is 8.49. The van der Waals surface area contributed by atoms with Crippen molar-refractivity contribution in [3.05, 3.63) is 16.1 Å². The number of nitrogens with one attached hydrogen (secondary N) is 1. The van der Waals surface area contributed by atoms with Crippen molar-refractivity contribution in [1.82, 2.24) is 15.2 Å². The van der Waals surface area contributed by atoms with E-state index in [-0.39, 0.29) is 0 Å². The quantitative estimate of drug-likeness (QED) is 0.440. The van der Waals surface area contributed by atoms with Crippen molar-refractivity contribution >= 4 is 17.3 Å². The molecule has 6 nitrogen and oxygen atoms in total. The number of likely N-dealkylation sites (tertiary alicyclic amines) is 1. The smallest absolute Gasteiger partial charge is 0.193 e. The molecule has 1 aromatic heterocycles. The van der Waals surface area contributed by atoms with E-state index in [4.69, 9.17) is 9.47 Å². The minimum Gasteiger partial charge on any atom is -0.385 e. The number of nitrogens with zero attached hydrogens (tertiary/aromatic N) is 3. The SMILES string of the molecule is CN=C(NCCc1csc(C)n1)N1CCC(OCCCOC)CC1. The lowest BCUT2D eigenvalue weighted by atomic mass is 10.1. The van der Waals surface area contributed by atoms with E-state index in [9.17, 15) is 0 Å². The third kappa shape index (κ3) is 6.37. The molecule has 7 heteroatoms. The molecule has 1 saturated heterocycles. The van der Waals surface area contributed by atoms with Gasteiger partial charge < -0.3 is 19.7 Å². The predicted octanol–water partition coefficient (Wildman–Crippen LogP) is 2.09. The van der Waals surface area contributed by atoms with E-state index in [1.165, 1.54) is 0 Å². The summed E-state index contributed by atoms with van der Waals surface area (Å²) in [5, 5.41) is 6.71. The molecule has 1 N–H and O–H groups in total. The number of aryl methyl sites for hydroxylation is 1. The minimum absolute atomic E-state index is 0.370. The number of guanidine groups is 1. The van der Waals surface area contributed by atoms with Crippen LogP contribution in [0.15, 0.2) is 10.4 Å². The molecule has 24 heavy (non-hydrogen) atoms. The van der Waals surface area contributed by atoms with Crippen molar-refractivity contribution in [2.45, 2.75) is 38.7 Å². The van der Waals surface area contributed by atoms with Crippen LogP contribution in [0.5, 0.6) is 0 Å². The molecule has 0 radical (unpaired) electrons. The van der Waals surface area contributed by atoms with Gasteiger partial charge in [-0.05, 0) is 26.2 Å². The number of hydrogen-bond acceptors (Lipinski definition) is 5. The van der Waals surface area contributed by atoms with Gasteiger partial charge in [0.25, 0.3) is 0 Å². The lowest BCUT2D eigenvalue weighted by molar-refractivity contribution is 0.00992. The Morgan fingerprint density at radius 2 is 2.21 bits per heavy atom. The van der Waals surface area contributed by atoms with Gasteiger partial charge in [0, 0.05) is 58.8 Å². The van der Waals surface area contributed by atoms with E-state index in [2.05, 4.69) is 25.6 Å². The summed E-state index contributed by atoms with van der Waals surface area (Å²) in [5.41, 5.74) is 1.16. The lowest BCUT2D eigenvalue weighted by Crippen LogP contribution is -2.47. The first-order valence-corrected chi connectivity index (χ1v) is 9.58. The maximum absolute atomic E-state index is 5.91. The molecular formula is C17H30N4O2S. The second kappa shape index (κ2) is 10.6. The van der Waals surface area contributed by atoms with Crippen LogP contribution in [-0.2, 0) is 15.9 Å². The Bertz CT molecular complexity index is 499. The molecule has 0 aliphatic carbocycles. The highest BCUT2D eigenvalue weighted by atomic mass is 32.1. The summed E-state index contributed by atoms with van der Waals surface area (Å²) in [5.74, 6) is 0.986. The second-order valence-electron chi connectivity index (χ2n) is 5.99. The Labute approximate surface area is 149 Å². The summed E-state index contributed by atoms with van der Waals surface area (Å²) in [7, 11) is 3.58. The van der Waals surface area contributed by atoms with Crippen molar-refractivity contribution in [3.8, 4) is 0 Å². The second-order valence-corrected chi connectivity index (χ2v) is 7.05. The zero-order chi connectivity index (χ0) is 17.2. The fourth-order valence-corrected chi connectivity index (χ4v) is 3.49. The summed E-state index contributed by atoms with van der Waals surface area (Å²) in [6.45, 7) is 6.45. The molecule has 0 amide bonds. The molecule has 0 bridgehead atoms. The van der Waals surface area contributed by atoms with Gasteiger partial charge in [-0.25, -0.2) is 4.98 Å². The number of methoxy groups -OCH3 is 1. The standard InChI is InChI=1S/C17H30N4O2S/c1-14-20-15(13-24-14)5-8-19-17(18-2)21-9-6-16(7-10-21)23-12-4-11-22-3/h13,16H,4-12H2,1-3H3,(H,18,19). The summed E-state index contributed by atoms with van der Waals surface area (Å²) in [6.07, 6.45) is 4.38. The van der Waals surface area contributed by atoms with Crippen LogP contribution in [0, 0.1) is 6.92 Å².